The average molecular weight is 348 g/mol. The molecule has 2 atom stereocenters. The van der Waals surface area contributed by atoms with Crippen LogP contribution in [0.3, 0.4) is 0 Å². The summed E-state index contributed by atoms with van der Waals surface area (Å²) < 4.78 is 9.64. The smallest absolute Gasteiger partial charge is 0.142 e. The predicted octanol–water partition coefficient (Wildman–Crippen LogP) is 3.76. The van der Waals surface area contributed by atoms with Crippen molar-refractivity contribution in [2.24, 2.45) is 0 Å². The van der Waals surface area contributed by atoms with Gasteiger partial charge < -0.3 is 14.6 Å². The fourth-order valence-corrected chi connectivity index (χ4v) is 3.50. The molecule has 1 fully saturated rings. The number of hydrogen-bond acceptors (Lipinski definition) is 3. The molecule has 21 heavy (non-hydrogen) atoms. The van der Waals surface area contributed by atoms with E-state index in [2.05, 4.69) is 36.9 Å². The number of nitrogens with zero attached hydrogens (tertiary/aromatic N) is 2. The molecule has 0 radical (unpaired) electrons. The zero-order valence-electron chi connectivity index (χ0n) is 11.9. The van der Waals surface area contributed by atoms with Gasteiger partial charge in [0.15, 0.2) is 0 Å². The van der Waals surface area contributed by atoms with Crippen molar-refractivity contribution in [2.75, 3.05) is 7.05 Å². The number of benzene rings is 1. The summed E-state index contributed by atoms with van der Waals surface area (Å²) >= 11 is 3.54. The van der Waals surface area contributed by atoms with Crippen LogP contribution in [-0.4, -0.2) is 16.6 Å². The Bertz CT molecular complexity index is 665. The third-order valence-corrected chi connectivity index (χ3v) is 4.87. The lowest BCUT2D eigenvalue weighted by molar-refractivity contribution is 0.145. The predicted molar refractivity (Wildman–Crippen MR) is 84.4 cm³/mol. The second-order valence-corrected chi connectivity index (χ2v) is 6.74. The number of aromatic nitrogens is 2. The summed E-state index contributed by atoms with van der Waals surface area (Å²) in [5, 5.41) is 3.41. The van der Waals surface area contributed by atoms with E-state index in [1.165, 1.54) is 24.1 Å². The molecule has 0 amide bonds. The van der Waals surface area contributed by atoms with Gasteiger partial charge in [-0.15, -0.1) is 0 Å². The summed E-state index contributed by atoms with van der Waals surface area (Å²) in [6.07, 6.45) is 7.42. The Balaban J connectivity index is 1.69. The quantitative estimate of drug-likeness (QED) is 0.918. The normalized spacial score (nSPS) is 24.5. The van der Waals surface area contributed by atoms with Crippen molar-refractivity contribution < 1.29 is 4.74 Å². The number of ether oxygens (including phenoxy) is 1. The molecule has 2 aliphatic rings. The van der Waals surface area contributed by atoms with E-state index in [1.54, 1.807) is 0 Å². The lowest BCUT2D eigenvalue weighted by Gasteiger charge is -2.32. The van der Waals surface area contributed by atoms with Crippen molar-refractivity contribution in [1.29, 1.82) is 0 Å². The van der Waals surface area contributed by atoms with Crippen LogP contribution >= 0.6 is 15.9 Å². The van der Waals surface area contributed by atoms with Gasteiger partial charge in [-0.05, 0) is 38.1 Å². The van der Waals surface area contributed by atoms with E-state index in [-0.39, 0.29) is 6.10 Å². The second kappa shape index (κ2) is 5.14. The molecule has 1 saturated carbocycles. The number of nitrogens with one attached hydrogen (secondary N) is 1. The summed E-state index contributed by atoms with van der Waals surface area (Å²) in [6.45, 7) is 0. The van der Waals surface area contributed by atoms with Crippen molar-refractivity contribution in [2.45, 2.75) is 37.5 Å². The highest BCUT2D eigenvalue weighted by Gasteiger charge is 2.33. The molecule has 0 spiro atoms. The molecule has 1 aromatic carbocycles. The van der Waals surface area contributed by atoms with E-state index in [0.717, 1.165) is 16.6 Å². The highest BCUT2D eigenvalue weighted by molar-refractivity contribution is 9.10. The minimum Gasteiger partial charge on any atom is -0.484 e. The van der Waals surface area contributed by atoms with Crippen molar-refractivity contribution in [3.8, 4) is 5.75 Å². The highest BCUT2D eigenvalue weighted by atomic mass is 79.9. The van der Waals surface area contributed by atoms with Crippen LogP contribution in [0.25, 0.3) is 0 Å². The summed E-state index contributed by atoms with van der Waals surface area (Å²) in [7, 11) is 2.01. The van der Waals surface area contributed by atoms with Gasteiger partial charge in [-0.2, -0.15) is 0 Å². The third kappa shape index (κ3) is 2.38. The minimum atomic E-state index is 0.0687. The SMILES string of the molecule is CNC1CC(c2cncn2C2CC2)Oc2ccc(Br)cc21. The molecule has 4 rings (SSSR count). The van der Waals surface area contributed by atoms with Gasteiger partial charge in [0.25, 0.3) is 0 Å². The molecule has 5 heteroatoms. The molecule has 2 heterocycles. The van der Waals surface area contributed by atoms with Gasteiger partial charge in [-0.3, -0.25) is 0 Å². The van der Waals surface area contributed by atoms with Gasteiger partial charge >= 0.3 is 0 Å². The molecule has 110 valence electrons. The summed E-state index contributed by atoms with van der Waals surface area (Å²) in [5.41, 5.74) is 2.42. The monoisotopic (exact) mass is 347 g/mol. The van der Waals surface area contributed by atoms with Crippen LogP contribution in [0, 0.1) is 0 Å². The van der Waals surface area contributed by atoms with Gasteiger partial charge in [-0.1, -0.05) is 15.9 Å². The Morgan fingerprint density at radius 2 is 2.24 bits per heavy atom. The molecular weight excluding hydrogens is 330 g/mol. The van der Waals surface area contributed by atoms with E-state index in [1.807, 2.05) is 31.7 Å². The van der Waals surface area contributed by atoms with Crippen LogP contribution in [-0.2, 0) is 0 Å². The molecular formula is C16H18BrN3O. The second-order valence-electron chi connectivity index (χ2n) is 5.82. The zero-order valence-corrected chi connectivity index (χ0v) is 13.5. The van der Waals surface area contributed by atoms with Gasteiger partial charge in [0.05, 0.1) is 18.2 Å². The zero-order chi connectivity index (χ0) is 14.4. The van der Waals surface area contributed by atoms with Crippen molar-refractivity contribution >= 4 is 15.9 Å². The standard InChI is InChI=1S/C16H18BrN3O/c1-18-13-7-16(14-8-19-9-20(14)11-3-4-11)21-15-5-2-10(17)6-12(13)15/h2,5-6,8-9,11,13,16,18H,3-4,7H2,1H3. The van der Waals surface area contributed by atoms with Crippen molar-refractivity contribution in [1.82, 2.24) is 14.9 Å². The van der Waals surface area contributed by atoms with Gasteiger partial charge in [0, 0.05) is 28.5 Å². The minimum absolute atomic E-state index is 0.0687. The number of halogens is 1. The van der Waals surface area contributed by atoms with Crippen molar-refractivity contribution in [3.63, 3.8) is 0 Å². The first-order valence-corrected chi connectivity index (χ1v) is 8.20. The molecule has 1 aliphatic carbocycles. The lowest BCUT2D eigenvalue weighted by atomic mass is 9.95. The van der Waals surface area contributed by atoms with Gasteiger partial charge in [0.2, 0.25) is 0 Å². The molecule has 4 nitrogen and oxygen atoms in total. The molecule has 1 aromatic heterocycles. The maximum Gasteiger partial charge on any atom is 0.142 e. The fourth-order valence-electron chi connectivity index (χ4n) is 3.12. The third-order valence-electron chi connectivity index (χ3n) is 4.38. The van der Waals surface area contributed by atoms with Crippen molar-refractivity contribution in [3.05, 3.63) is 46.5 Å². The number of rotatable bonds is 3. The first-order chi connectivity index (χ1) is 10.3. The molecule has 2 unspecified atom stereocenters. The van der Waals surface area contributed by atoms with E-state index in [4.69, 9.17) is 4.74 Å². The van der Waals surface area contributed by atoms with Crippen LogP contribution in [0.2, 0.25) is 0 Å². The first kappa shape index (κ1) is 13.3. The number of hydrogen-bond donors (Lipinski definition) is 1. The first-order valence-electron chi connectivity index (χ1n) is 7.41. The Labute approximate surface area is 132 Å². The topological polar surface area (TPSA) is 39.1 Å². The van der Waals surface area contributed by atoms with Gasteiger partial charge in [-0.25, -0.2) is 4.98 Å². The average Bonchev–Trinajstić information content (AvgIpc) is 3.23. The maximum atomic E-state index is 6.26. The Kier molecular flexibility index (Phi) is 3.27. The summed E-state index contributed by atoms with van der Waals surface area (Å²) in [4.78, 5) is 4.33. The van der Waals surface area contributed by atoms with Gasteiger partial charge in [0.1, 0.15) is 11.9 Å². The van der Waals surface area contributed by atoms with E-state index in [9.17, 15) is 0 Å². The fraction of sp³-hybridized carbons (Fsp3) is 0.438. The van der Waals surface area contributed by atoms with Crippen LogP contribution < -0.4 is 10.1 Å². The van der Waals surface area contributed by atoms with Crippen LogP contribution in [0.15, 0.2) is 35.2 Å². The Morgan fingerprint density at radius 1 is 1.38 bits per heavy atom. The lowest BCUT2D eigenvalue weighted by Crippen LogP contribution is -2.27. The largest absolute Gasteiger partial charge is 0.484 e. The molecule has 0 bridgehead atoms. The van der Waals surface area contributed by atoms with Crippen LogP contribution in [0.1, 0.15) is 48.7 Å². The van der Waals surface area contributed by atoms with E-state index >= 15 is 0 Å². The number of imidazole rings is 1. The van der Waals surface area contributed by atoms with E-state index in [0.29, 0.717) is 12.1 Å². The Morgan fingerprint density at radius 3 is 3.00 bits per heavy atom. The molecule has 1 N–H and O–H groups in total. The number of fused-ring (bicyclic) bond motifs is 1. The molecule has 1 aliphatic heterocycles. The summed E-state index contributed by atoms with van der Waals surface area (Å²) in [6, 6.07) is 7.16. The van der Waals surface area contributed by atoms with E-state index < -0.39 is 0 Å². The Hall–Kier alpha value is -1.33. The molecule has 2 aromatic rings. The molecule has 0 saturated heterocycles. The summed E-state index contributed by atoms with van der Waals surface area (Å²) in [5.74, 6) is 0.970. The van der Waals surface area contributed by atoms with Crippen LogP contribution in [0.4, 0.5) is 0 Å². The maximum absolute atomic E-state index is 6.26. The highest BCUT2D eigenvalue weighted by Crippen LogP contribution is 2.44. The van der Waals surface area contributed by atoms with Crippen LogP contribution in [0.5, 0.6) is 5.75 Å².